The summed E-state index contributed by atoms with van der Waals surface area (Å²) in [6, 6.07) is 1.91. The summed E-state index contributed by atoms with van der Waals surface area (Å²) in [7, 11) is -1.85. The predicted molar refractivity (Wildman–Crippen MR) is 99.8 cm³/mol. The van der Waals surface area contributed by atoms with Gasteiger partial charge in [-0.05, 0) is 26.7 Å². The lowest BCUT2D eigenvalue weighted by Gasteiger charge is -2.17. The van der Waals surface area contributed by atoms with Crippen LogP contribution in [-0.4, -0.2) is 54.1 Å². The monoisotopic (exact) mass is 379 g/mol. The van der Waals surface area contributed by atoms with E-state index in [1.807, 2.05) is 13.0 Å². The van der Waals surface area contributed by atoms with Crippen LogP contribution in [0.4, 0.5) is 11.6 Å². The Morgan fingerprint density at radius 2 is 1.85 bits per heavy atom. The zero-order valence-corrected chi connectivity index (χ0v) is 16.2. The van der Waals surface area contributed by atoms with Crippen LogP contribution in [0.1, 0.15) is 24.5 Å². The third kappa shape index (κ3) is 4.31. The Morgan fingerprint density at radius 1 is 1.12 bits per heavy atom. The molecule has 26 heavy (non-hydrogen) atoms. The molecule has 0 spiro atoms. The molecule has 0 amide bonds. The lowest BCUT2D eigenvalue weighted by atomic mass is 10.4. The molecule has 10 heteroatoms. The summed E-state index contributed by atoms with van der Waals surface area (Å²) in [5.74, 6) is 2.96. The maximum absolute atomic E-state index is 12.2. The van der Waals surface area contributed by atoms with Crippen molar-refractivity contribution in [3.05, 3.63) is 23.9 Å². The van der Waals surface area contributed by atoms with Crippen LogP contribution in [0.2, 0.25) is 0 Å². The van der Waals surface area contributed by atoms with Gasteiger partial charge < -0.3 is 14.8 Å². The van der Waals surface area contributed by atoms with Gasteiger partial charge in [-0.25, -0.2) is 28.1 Å². The second-order valence-electron chi connectivity index (χ2n) is 6.41. The van der Waals surface area contributed by atoms with Crippen molar-refractivity contribution >= 4 is 21.7 Å². The van der Waals surface area contributed by atoms with Crippen molar-refractivity contribution in [2.24, 2.45) is 7.05 Å². The Bertz CT molecular complexity index is 853. The van der Waals surface area contributed by atoms with E-state index < -0.39 is 10.0 Å². The van der Waals surface area contributed by atoms with Gasteiger partial charge >= 0.3 is 0 Å². The minimum absolute atomic E-state index is 0.0340. The van der Waals surface area contributed by atoms with E-state index in [4.69, 9.17) is 0 Å². The molecule has 0 aromatic carbocycles. The van der Waals surface area contributed by atoms with Crippen molar-refractivity contribution in [1.29, 1.82) is 0 Å². The number of hydrogen-bond acceptors (Lipinski definition) is 7. The summed E-state index contributed by atoms with van der Waals surface area (Å²) in [5, 5.41) is 3.19. The van der Waals surface area contributed by atoms with Gasteiger partial charge in [-0.15, -0.1) is 0 Å². The fourth-order valence-electron chi connectivity index (χ4n) is 2.86. The zero-order valence-electron chi connectivity index (χ0n) is 15.4. The third-order valence-electron chi connectivity index (χ3n) is 4.34. The Hall–Kier alpha value is -2.20. The van der Waals surface area contributed by atoms with Crippen LogP contribution < -0.4 is 14.9 Å². The molecule has 0 bridgehead atoms. The number of hydrogen-bond donors (Lipinski definition) is 2. The number of rotatable bonds is 7. The van der Waals surface area contributed by atoms with Crippen LogP contribution in [-0.2, 0) is 17.1 Å². The largest absolute Gasteiger partial charge is 0.369 e. The number of nitrogens with one attached hydrogen (secondary N) is 2. The highest BCUT2D eigenvalue weighted by Gasteiger charge is 2.18. The zero-order chi connectivity index (χ0) is 18.7. The molecular weight excluding hydrogens is 354 g/mol. The number of sulfonamides is 1. The van der Waals surface area contributed by atoms with E-state index in [0.29, 0.717) is 24.0 Å². The average molecular weight is 379 g/mol. The summed E-state index contributed by atoms with van der Waals surface area (Å²) in [6.45, 7) is 6.30. The van der Waals surface area contributed by atoms with E-state index in [9.17, 15) is 8.42 Å². The normalized spacial score (nSPS) is 14.8. The summed E-state index contributed by atoms with van der Waals surface area (Å²) in [6.07, 6.45) is 3.86. The van der Waals surface area contributed by atoms with Crippen LogP contribution in [0.3, 0.4) is 0 Å². The number of nitrogens with zero attached hydrogens (tertiary/aromatic N) is 5. The molecule has 1 fully saturated rings. The Kier molecular flexibility index (Phi) is 5.42. The first-order chi connectivity index (χ1) is 12.3. The second kappa shape index (κ2) is 7.58. The van der Waals surface area contributed by atoms with Gasteiger partial charge in [0.25, 0.3) is 10.0 Å². The van der Waals surface area contributed by atoms with Gasteiger partial charge in [0, 0.05) is 45.5 Å². The molecule has 2 N–H and O–H groups in total. The molecule has 1 aliphatic rings. The van der Waals surface area contributed by atoms with Crippen molar-refractivity contribution in [3.8, 4) is 0 Å². The molecule has 0 atom stereocenters. The average Bonchev–Trinajstić information content (AvgIpc) is 3.22. The first-order valence-corrected chi connectivity index (χ1v) is 10.2. The van der Waals surface area contributed by atoms with E-state index in [2.05, 4.69) is 29.9 Å². The lowest BCUT2D eigenvalue weighted by Crippen LogP contribution is -2.29. The molecule has 0 unspecified atom stereocenters. The van der Waals surface area contributed by atoms with Gasteiger partial charge in [0.05, 0.1) is 0 Å². The van der Waals surface area contributed by atoms with Gasteiger partial charge in [0.15, 0.2) is 5.03 Å². The minimum atomic E-state index is -3.61. The highest BCUT2D eigenvalue weighted by Crippen LogP contribution is 2.20. The molecule has 2 aromatic rings. The lowest BCUT2D eigenvalue weighted by molar-refractivity contribution is 0.579. The van der Waals surface area contributed by atoms with E-state index in [1.165, 1.54) is 19.0 Å². The maximum Gasteiger partial charge on any atom is 0.259 e. The smallest absolute Gasteiger partial charge is 0.259 e. The number of aromatic nitrogens is 4. The molecule has 1 aliphatic heterocycles. The minimum Gasteiger partial charge on any atom is -0.369 e. The topological polar surface area (TPSA) is 105 Å². The SMILES string of the molecule is Cc1nc(NCCNS(=O)(=O)c2cn(C)c(C)n2)cc(N2CCCC2)n1. The first-order valence-electron chi connectivity index (χ1n) is 8.69. The molecule has 0 aliphatic carbocycles. The highest BCUT2D eigenvalue weighted by atomic mass is 32.2. The standard InChI is InChI=1S/C16H25N7O2S/c1-12-19-14(10-15(20-12)23-8-4-5-9-23)17-6-7-18-26(24,25)16-11-22(3)13(2)21-16/h10-11,18H,4-9H2,1-3H3,(H,17,19,20). The molecule has 142 valence electrons. The maximum atomic E-state index is 12.2. The Morgan fingerprint density at radius 3 is 2.50 bits per heavy atom. The van der Waals surface area contributed by atoms with E-state index in [-0.39, 0.29) is 11.6 Å². The van der Waals surface area contributed by atoms with Gasteiger partial charge in [-0.1, -0.05) is 0 Å². The quantitative estimate of drug-likeness (QED) is 0.686. The number of aryl methyl sites for hydroxylation is 3. The first kappa shape index (κ1) is 18.6. The molecule has 3 heterocycles. The molecular formula is C16H25N7O2S. The van der Waals surface area contributed by atoms with Crippen LogP contribution >= 0.6 is 0 Å². The van der Waals surface area contributed by atoms with Crippen molar-refractivity contribution in [2.45, 2.75) is 31.7 Å². The van der Waals surface area contributed by atoms with Crippen LogP contribution in [0, 0.1) is 13.8 Å². The van der Waals surface area contributed by atoms with Crippen molar-refractivity contribution in [1.82, 2.24) is 24.2 Å². The van der Waals surface area contributed by atoms with Crippen molar-refractivity contribution in [2.75, 3.05) is 36.4 Å². The van der Waals surface area contributed by atoms with Gasteiger partial charge in [-0.3, -0.25) is 0 Å². The summed E-state index contributed by atoms with van der Waals surface area (Å²) in [4.78, 5) is 15.2. The Labute approximate surface area is 153 Å². The molecule has 9 nitrogen and oxygen atoms in total. The second-order valence-corrected chi connectivity index (χ2v) is 8.13. The molecule has 2 aromatic heterocycles. The molecule has 0 saturated carbocycles. The fourth-order valence-corrected chi connectivity index (χ4v) is 3.92. The Balaban J connectivity index is 1.56. The van der Waals surface area contributed by atoms with Gasteiger partial charge in [-0.2, -0.15) is 0 Å². The molecule has 3 rings (SSSR count). The van der Waals surface area contributed by atoms with Crippen LogP contribution in [0.25, 0.3) is 0 Å². The summed E-state index contributed by atoms with van der Waals surface area (Å²) in [5.41, 5.74) is 0. The summed E-state index contributed by atoms with van der Waals surface area (Å²) < 4.78 is 28.7. The van der Waals surface area contributed by atoms with E-state index in [0.717, 1.165) is 18.9 Å². The van der Waals surface area contributed by atoms with E-state index >= 15 is 0 Å². The van der Waals surface area contributed by atoms with Crippen LogP contribution in [0.5, 0.6) is 0 Å². The highest BCUT2D eigenvalue weighted by molar-refractivity contribution is 7.89. The fraction of sp³-hybridized carbons (Fsp3) is 0.562. The molecule has 1 saturated heterocycles. The number of imidazole rings is 1. The predicted octanol–water partition coefficient (Wildman–Crippen LogP) is 0.818. The van der Waals surface area contributed by atoms with Gasteiger partial charge in [0.2, 0.25) is 0 Å². The van der Waals surface area contributed by atoms with Crippen LogP contribution in [0.15, 0.2) is 17.3 Å². The number of anilines is 2. The molecule has 0 radical (unpaired) electrons. The third-order valence-corrected chi connectivity index (χ3v) is 5.67. The van der Waals surface area contributed by atoms with Gasteiger partial charge in [0.1, 0.15) is 23.3 Å². The summed E-state index contributed by atoms with van der Waals surface area (Å²) >= 11 is 0. The van der Waals surface area contributed by atoms with Crippen molar-refractivity contribution in [3.63, 3.8) is 0 Å². The van der Waals surface area contributed by atoms with Crippen molar-refractivity contribution < 1.29 is 8.42 Å². The van der Waals surface area contributed by atoms with E-state index in [1.54, 1.807) is 18.5 Å².